The van der Waals surface area contributed by atoms with E-state index in [1.807, 2.05) is 26.0 Å². The van der Waals surface area contributed by atoms with Crippen LogP contribution < -0.4 is 9.46 Å². The van der Waals surface area contributed by atoms with Crippen LogP contribution in [0.4, 0.5) is 5.69 Å². The first-order chi connectivity index (χ1) is 15.2. The number of fused-ring (bicyclic) bond motifs is 1. The van der Waals surface area contributed by atoms with Gasteiger partial charge in [-0.1, -0.05) is 0 Å². The van der Waals surface area contributed by atoms with Crippen LogP contribution in [0.2, 0.25) is 0 Å². The van der Waals surface area contributed by atoms with Gasteiger partial charge in [0.05, 0.1) is 36.8 Å². The van der Waals surface area contributed by atoms with Crippen molar-refractivity contribution in [2.45, 2.75) is 24.3 Å². The van der Waals surface area contributed by atoms with E-state index < -0.39 is 15.6 Å². The molecule has 1 N–H and O–H groups in total. The Morgan fingerprint density at radius 3 is 2.59 bits per heavy atom. The molecular weight excluding hydrogens is 432 g/mol. The Labute approximate surface area is 185 Å². The second kappa shape index (κ2) is 7.92. The Morgan fingerprint density at radius 2 is 1.88 bits per heavy atom. The van der Waals surface area contributed by atoms with E-state index in [4.69, 9.17) is 9.47 Å². The van der Waals surface area contributed by atoms with Crippen molar-refractivity contribution in [3.63, 3.8) is 0 Å². The number of sulfonamides is 1. The molecule has 0 bridgehead atoms. The van der Waals surface area contributed by atoms with Crippen LogP contribution in [0.15, 0.2) is 53.9 Å². The molecular formula is C21H24N6O4S. The molecule has 0 atom stereocenters. The topological polar surface area (TPSA) is 113 Å². The Hall–Kier alpha value is -3.44. The maximum Gasteiger partial charge on any atom is 0.265 e. The van der Waals surface area contributed by atoms with E-state index in [0.717, 1.165) is 10.9 Å². The predicted molar refractivity (Wildman–Crippen MR) is 119 cm³/mol. The number of nitrogens with one attached hydrogen (secondary N) is 1. The van der Waals surface area contributed by atoms with Crippen LogP contribution in [0.25, 0.3) is 16.7 Å². The van der Waals surface area contributed by atoms with Gasteiger partial charge in [-0.3, -0.25) is 9.40 Å². The highest BCUT2D eigenvalue weighted by molar-refractivity contribution is 7.92. The average Bonchev–Trinajstić information content (AvgIpc) is 3.42. The third-order valence-electron chi connectivity index (χ3n) is 5.38. The number of anilines is 1. The summed E-state index contributed by atoms with van der Waals surface area (Å²) in [6.07, 6.45) is 5.97. The van der Waals surface area contributed by atoms with Gasteiger partial charge in [0.2, 0.25) is 0 Å². The standard InChI is InChI=1S/C21H24N6O4S/c1-21(2,31-5)15-8-9-22-18(10-15)27-13-16(12-24-27)32(28,29)25-19-17(30-4)7-6-14-11-23-26(3)20(14)19/h6-13,25H,1-5H3. The van der Waals surface area contributed by atoms with Gasteiger partial charge in [0.25, 0.3) is 10.0 Å². The number of aromatic nitrogens is 5. The molecule has 3 heterocycles. The third-order valence-corrected chi connectivity index (χ3v) is 6.68. The van der Waals surface area contributed by atoms with Crippen molar-refractivity contribution in [1.82, 2.24) is 24.5 Å². The second-order valence-corrected chi connectivity index (χ2v) is 9.37. The van der Waals surface area contributed by atoms with Crippen LogP contribution in [0.1, 0.15) is 19.4 Å². The minimum atomic E-state index is -3.97. The molecule has 0 unspecified atom stereocenters. The van der Waals surface area contributed by atoms with Crippen molar-refractivity contribution in [2.75, 3.05) is 18.9 Å². The summed E-state index contributed by atoms with van der Waals surface area (Å²) < 4.78 is 42.9. The van der Waals surface area contributed by atoms with Crippen molar-refractivity contribution in [3.05, 3.63) is 54.6 Å². The molecule has 0 amide bonds. The summed E-state index contributed by atoms with van der Waals surface area (Å²) in [7, 11) is 0.871. The normalized spacial score (nSPS) is 12.3. The van der Waals surface area contributed by atoms with Crippen LogP contribution in [0, 0.1) is 0 Å². The van der Waals surface area contributed by atoms with E-state index in [1.54, 1.807) is 43.4 Å². The molecule has 1 aromatic carbocycles. The van der Waals surface area contributed by atoms with Gasteiger partial charge in [-0.05, 0) is 43.7 Å². The first kappa shape index (κ1) is 21.8. The van der Waals surface area contributed by atoms with E-state index in [9.17, 15) is 8.42 Å². The smallest absolute Gasteiger partial charge is 0.265 e. The highest BCUT2D eigenvalue weighted by Crippen LogP contribution is 2.34. The second-order valence-electron chi connectivity index (χ2n) is 7.69. The molecule has 4 rings (SSSR count). The molecule has 32 heavy (non-hydrogen) atoms. The summed E-state index contributed by atoms with van der Waals surface area (Å²) in [5.41, 5.74) is 1.27. The van der Waals surface area contributed by atoms with Crippen LogP contribution >= 0.6 is 0 Å². The van der Waals surface area contributed by atoms with Gasteiger partial charge in [-0.15, -0.1) is 0 Å². The Bertz CT molecular complexity index is 1390. The van der Waals surface area contributed by atoms with Crippen molar-refractivity contribution >= 4 is 26.6 Å². The van der Waals surface area contributed by atoms with Gasteiger partial charge in [0.15, 0.2) is 5.82 Å². The summed E-state index contributed by atoms with van der Waals surface area (Å²) in [5, 5.41) is 9.19. The predicted octanol–water partition coefficient (Wildman–Crippen LogP) is 2.84. The molecule has 3 aromatic heterocycles. The minimum absolute atomic E-state index is 0.0167. The summed E-state index contributed by atoms with van der Waals surface area (Å²) in [6.45, 7) is 3.86. The summed E-state index contributed by atoms with van der Waals surface area (Å²) in [5.74, 6) is 0.855. The fraction of sp³-hybridized carbons (Fsp3) is 0.286. The van der Waals surface area contributed by atoms with E-state index in [0.29, 0.717) is 22.8 Å². The van der Waals surface area contributed by atoms with Crippen molar-refractivity contribution in [3.8, 4) is 11.6 Å². The monoisotopic (exact) mass is 456 g/mol. The Balaban J connectivity index is 1.71. The fourth-order valence-corrected chi connectivity index (χ4v) is 4.32. The van der Waals surface area contributed by atoms with E-state index in [2.05, 4.69) is 19.9 Å². The lowest BCUT2D eigenvalue weighted by molar-refractivity contribution is 0.0191. The molecule has 0 aliphatic carbocycles. The highest BCUT2D eigenvalue weighted by Gasteiger charge is 2.24. The highest BCUT2D eigenvalue weighted by atomic mass is 32.2. The lowest BCUT2D eigenvalue weighted by atomic mass is 9.99. The molecule has 0 radical (unpaired) electrons. The number of aryl methyl sites for hydroxylation is 1. The van der Waals surface area contributed by atoms with Crippen LogP contribution in [-0.4, -0.2) is 47.2 Å². The van der Waals surface area contributed by atoms with E-state index in [1.165, 1.54) is 24.2 Å². The Morgan fingerprint density at radius 1 is 1.09 bits per heavy atom. The average molecular weight is 457 g/mol. The molecule has 0 saturated carbocycles. The molecule has 0 fully saturated rings. The van der Waals surface area contributed by atoms with Crippen molar-refractivity contribution < 1.29 is 17.9 Å². The number of methoxy groups -OCH3 is 2. The van der Waals surface area contributed by atoms with Crippen LogP contribution in [0.3, 0.4) is 0 Å². The zero-order chi connectivity index (χ0) is 23.1. The first-order valence-corrected chi connectivity index (χ1v) is 11.2. The SMILES string of the molecule is COc1ccc2cnn(C)c2c1NS(=O)(=O)c1cnn(-c2cc(C(C)(C)OC)ccn2)c1. The lowest BCUT2D eigenvalue weighted by Crippen LogP contribution is -2.20. The van der Waals surface area contributed by atoms with Gasteiger partial charge in [0, 0.05) is 25.7 Å². The molecule has 0 spiro atoms. The summed E-state index contributed by atoms with van der Waals surface area (Å²) in [6, 6.07) is 7.16. The first-order valence-electron chi connectivity index (χ1n) is 9.74. The summed E-state index contributed by atoms with van der Waals surface area (Å²) in [4.78, 5) is 4.29. The van der Waals surface area contributed by atoms with Crippen LogP contribution in [-0.2, 0) is 27.4 Å². The zero-order valence-electron chi connectivity index (χ0n) is 18.4. The maximum absolute atomic E-state index is 13.2. The Kier molecular flexibility index (Phi) is 5.39. The minimum Gasteiger partial charge on any atom is -0.494 e. The summed E-state index contributed by atoms with van der Waals surface area (Å²) >= 11 is 0. The van der Waals surface area contributed by atoms with Gasteiger partial charge in [0.1, 0.15) is 16.3 Å². The number of hydrogen-bond donors (Lipinski definition) is 1. The van der Waals surface area contributed by atoms with Gasteiger partial charge in [-0.2, -0.15) is 10.2 Å². The maximum atomic E-state index is 13.2. The molecule has 0 saturated heterocycles. The van der Waals surface area contributed by atoms with Gasteiger partial charge >= 0.3 is 0 Å². The quantitative estimate of drug-likeness (QED) is 0.455. The molecule has 0 aliphatic heterocycles. The number of ether oxygens (including phenoxy) is 2. The van der Waals surface area contributed by atoms with E-state index >= 15 is 0 Å². The fourth-order valence-electron chi connectivity index (χ4n) is 3.32. The van der Waals surface area contributed by atoms with Crippen molar-refractivity contribution in [1.29, 1.82) is 0 Å². The molecule has 10 nitrogen and oxygen atoms in total. The number of benzene rings is 1. The molecule has 11 heteroatoms. The number of nitrogens with zero attached hydrogens (tertiary/aromatic N) is 5. The largest absolute Gasteiger partial charge is 0.494 e. The molecule has 4 aromatic rings. The molecule has 168 valence electrons. The van der Waals surface area contributed by atoms with Crippen molar-refractivity contribution in [2.24, 2.45) is 7.05 Å². The number of pyridine rings is 1. The molecule has 0 aliphatic rings. The third kappa shape index (κ3) is 3.80. The zero-order valence-corrected chi connectivity index (χ0v) is 19.2. The van der Waals surface area contributed by atoms with Gasteiger partial charge in [-0.25, -0.2) is 18.1 Å². The van der Waals surface area contributed by atoms with Gasteiger partial charge < -0.3 is 9.47 Å². The number of rotatable bonds is 7. The van der Waals surface area contributed by atoms with E-state index in [-0.39, 0.29) is 4.90 Å². The number of hydrogen-bond acceptors (Lipinski definition) is 7. The van der Waals surface area contributed by atoms with Crippen LogP contribution in [0.5, 0.6) is 5.75 Å². The lowest BCUT2D eigenvalue weighted by Gasteiger charge is -2.23.